The van der Waals surface area contributed by atoms with Gasteiger partial charge in [-0.3, -0.25) is 0 Å². The number of hydrogen-bond donors (Lipinski definition) is 1. The van der Waals surface area contributed by atoms with Gasteiger partial charge in [-0.25, -0.2) is 4.98 Å². The van der Waals surface area contributed by atoms with E-state index in [0.717, 1.165) is 36.6 Å². The predicted molar refractivity (Wildman–Crippen MR) is 81.1 cm³/mol. The van der Waals surface area contributed by atoms with E-state index in [-0.39, 0.29) is 0 Å². The van der Waals surface area contributed by atoms with Gasteiger partial charge in [-0.2, -0.15) is 0 Å². The Bertz CT molecular complexity index is 554. The highest BCUT2D eigenvalue weighted by molar-refractivity contribution is 6.32. The molecule has 1 heterocycles. The summed E-state index contributed by atoms with van der Waals surface area (Å²) in [6, 6.07) is 5.82. The zero-order chi connectivity index (χ0) is 14.4. The summed E-state index contributed by atoms with van der Waals surface area (Å²) >= 11 is 6.25. The van der Waals surface area contributed by atoms with Crippen LogP contribution in [0.25, 0.3) is 0 Å². The second kappa shape index (κ2) is 7.31. The second-order valence-electron chi connectivity index (χ2n) is 4.47. The Labute approximate surface area is 124 Å². The number of rotatable bonds is 7. The van der Waals surface area contributed by atoms with E-state index >= 15 is 0 Å². The lowest BCUT2D eigenvalue weighted by Gasteiger charge is -2.14. The lowest BCUT2D eigenvalue weighted by molar-refractivity contribution is 0.292. The van der Waals surface area contributed by atoms with Crippen molar-refractivity contribution in [2.24, 2.45) is 0 Å². The number of imidazole rings is 1. The van der Waals surface area contributed by atoms with Crippen molar-refractivity contribution in [3.63, 3.8) is 0 Å². The Balaban J connectivity index is 2.12. The smallest absolute Gasteiger partial charge is 0.142 e. The summed E-state index contributed by atoms with van der Waals surface area (Å²) in [7, 11) is 0. The van der Waals surface area contributed by atoms with Crippen LogP contribution in [0.5, 0.6) is 5.75 Å². The molecule has 108 valence electrons. The van der Waals surface area contributed by atoms with Gasteiger partial charge in [0.15, 0.2) is 0 Å². The molecule has 0 spiro atoms. The highest BCUT2D eigenvalue weighted by atomic mass is 35.5. The molecule has 2 rings (SSSR count). The van der Waals surface area contributed by atoms with Gasteiger partial charge in [0.1, 0.15) is 12.4 Å². The van der Waals surface area contributed by atoms with Gasteiger partial charge in [0.05, 0.1) is 23.2 Å². The first-order chi connectivity index (χ1) is 9.76. The first-order valence-corrected chi connectivity index (χ1v) is 7.24. The summed E-state index contributed by atoms with van der Waals surface area (Å²) < 4.78 is 7.98. The predicted octanol–water partition coefficient (Wildman–Crippen LogP) is 3.24. The van der Waals surface area contributed by atoms with E-state index in [9.17, 15) is 0 Å². The van der Waals surface area contributed by atoms with Crippen LogP contribution in [0.1, 0.15) is 25.1 Å². The van der Waals surface area contributed by atoms with E-state index in [1.54, 1.807) is 0 Å². The first-order valence-electron chi connectivity index (χ1n) is 6.86. The average Bonchev–Trinajstić information content (AvgIpc) is 2.91. The third kappa shape index (κ3) is 3.52. The molecule has 0 saturated heterocycles. The fraction of sp³-hybridized carbons (Fsp3) is 0.400. The molecule has 20 heavy (non-hydrogen) atoms. The average molecular weight is 294 g/mol. The van der Waals surface area contributed by atoms with Crippen LogP contribution >= 0.6 is 11.6 Å². The number of hydrogen-bond acceptors (Lipinski definition) is 3. The van der Waals surface area contributed by atoms with Crippen molar-refractivity contribution in [1.29, 1.82) is 0 Å². The molecule has 1 aromatic carbocycles. The summed E-state index contributed by atoms with van der Waals surface area (Å²) in [5, 5.41) is 3.93. The Hall–Kier alpha value is -1.52. The zero-order valence-electron chi connectivity index (χ0n) is 11.9. The second-order valence-corrected chi connectivity index (χ2v) is 4.88. The maximum Gasteiger partial charge on any atom is 0.142 e. The molecular weight excluding hydrogens is 274 g/mol. The van der Waals surface area contributed by atoms with E-state index in [4.69, 9.17) is 16.3 Å². The quantitative estimate of drug-likeness (QED) is 0.852. The van der Waals surface area contributed by atoms with Crippen LogP contribution in [-0.2, 0) is 19.7 Å². The van der Waals surface area contributed by atoms with Crippen molar-refractivity contribution < 1.29 is 4.74 Å². The van der Waals surface area contributed by atoms with Crippen molar-refractivity contribution >= 4 is 11.6 Å². The minimum Gasteiger partial charge on any atom is -0.485 e. The van der Waals surface area contributed by atoms with Gasteiger partial charge >= 0.3 is 0 Å². The molecule has 1 aromatic heterocycles. The van der Waals surface area contributed by atoms with Crippen LogP contribution in [0.2, 0.25) is 5.02 Å². The number of aromatic nitrogens is 2. The molecule has 0 aliphatic rings. The van der Waals surface area contributed by atoms with Crippen LogP contribution in [0.3, 0.4) is 0 Å². The lowest BCUT2D eigenvalue weighted by Crippen LogP contribution is -2.13. The fourth-order valence-corrected chi connectivity index (χ4v) is 2.26. The third-order valence-corrected chi connectivity index (χ3v) is 3.42. The molecule has 0 bridgehead atoms. The van der Waals surface area contributed by atoms with Crippen LogP contribution in [0, 0.1) is 0 Å². The van der Waals surface area contributed by atoms with E-state index in [1.165, 1.54) is 0 Å². The molecule has 1 N–H and O–H groups in total. The number of nitrogens with zero attached hydrogens (tertiary/aromatic N) is 2. The molecule has 5 heteroatoms. The molecule has 4 nitrogen and oxygen atoms in total. The van der Waals surface area contributed by atoms with E-state index in [2.05, 4.69) is 28.7 Å². The SMILES string of the molecule is CCNCc1cccc(Cl)c1OCc1cncn1CC. The number of aryl methyl sites for hydroxylation is 1. The van der Waals surface area contributed by atoms with Crippen molar-refractivity contribution in [2.45, 2.75) is 33.5 Å². The molecule has 0 fully saturated rings. The monoisotopic (exact) mass is 293 g/mol. The van der Waals surface area contributed by atoms with Crippen LogP contribution in [0.15, 0.2) is 30.7 Å². The summed E-state index contributed by atoms with van der Waals surface area (Å²) in [5.41, 5.74) is 2.11. The van der Waals surface area contributed by atoms with Crippen molar-refractivity contribution in [2.75, 3.05) is 6.54 Å². The molecule has 0 aliphatic carbocycles. The van der Waals surface area contributed by atoms with Gasteiger partial charge in [-0.15, -0.1) is 0 Å². The highest BCUT2D eigenvalue weighted by Gasteiger charge is 2.09. The van der Waals surface area contributed by atoms with Crippen molar-refractivity contribution in [3.8, 4) is 5.75 Å². The van der Waals surface area contributed by atoms with E-state index in [0.29, 0.717) is 11.6 Å². The first kappa shape index (κ1) is 14.9. The standard InChI is InChI=1S/C15H20ClN3O/c1-3-17-8-12-6-5-7-14(16)15(12)20-10-13-9-18-11-19(13)4-2/h5-7,9,11,17H,3-4,8,10H2,1-2H3. The topological polar surface area (TPSA) is 39.1 Å². The fourth-order valence-electron chi connectivity index (χ4n) is 2.01. The van der Waals surface area contributed by atoms with Gasteiger partial charge in [-0.05, 0) is 19.5 Å². The van der Waals surface area contributed by atoms with Crippen molar-refractivity contribution in [3.05, 3.63) is 47.0 Å². The Kier molecular flexibility index (Phi) is 5.44. The lowest BCUT2D eigenvalue weighted by atomic mass is 10.2. The van der Waals surface area contributed by atoms with E-state index in [1.807, 2.05) is 30.7 Å². The number of halogens is 1. The summed E-state index contributed by atoms with van der Waals surface area (Å²) in [6.45, 7) is 7.16. The zero-order valence-corrected chi connectivity index (χ0v) is 12.7. The minimum absolute atomic E-state index is 0.469. The normalized spacial score (nSPS) is 10.8. The molecule has 0 amide bonds. The molecule has 2 aromatic rings. The summed E-state index contributed by atoms with van der Waals surface area (Å²) in [6.07, 6.45) is 3.63. The molecule has 0 radical (unpaired) electrons. The van der Waals surface area contributed by atoms with Gasteiger partial charge in [-0.1, -0.05) is 30.7 Å². The van der Waals surface area contributed by atoms with Crippen LogP contribution in [0.4, 0.5) is 0 Å². The molecule has 0 atom stereocenters. The third-order valence-electron chi connectivity index (χ3n) is 3.12. The van der Waals surface area contributed by atoms with Gasteiger partial charge in [0, 0.05) is 18.7 Å². The molecule has 0 saturated carbocycles. The maximum absolute atomic E-state index is 6.25. The Morgan fingerprint density at radius 2 is 2.20 bits per heavy atom. The minimum atomic E-state index is 0.469. The highest BCUT2D eigenvalue weighted by Crippen LogP contribution is 2.29. The number of para-hydroxylation sites is 1. The largest absolute Gasteiger partial charge is 0.485 e. The number of ether oxygens (including phenoxy) is 1. The van der Waals surface area contributed by atoms with Crippen LogP contribution in [-0.4, -0.2) is 16.1 Å². The Morgan fingerprint density at radius 3 is 2.95 bits per heavy atom. The molecule has 0 unspecified atom stereocenters. The Morgan fingerprint density at radius 1 is 1.35 bits per heavy atom. The number of benzene rings is 1. The van der Waals surface area contributed by atoms with Crippen molar-refractivity contribution in [1.82, 2.24) is 14.9 Å². The van der Waals surface area contributed by atoms with Gasteiger partial charge in [0.25, 0.3) is 0 Å². The van der Waals surface area contributed by atoms with Crippen LogP contribution < -0.4 is 10.1 Å². The molecule has 0 aliphatic heterocycles. The molecular formula is C15H20ClN3O. The maximum atomic E-state index is 6.25. The summed E-state index contributed by atoms with van der Waals surface area (Å²) in [5.74, 6) is 0.749. The van der Waals surface area contributed by atoms with Gasteiger partial charge in [0.2, 0.25) is 0 Å². The number of nitrogens with one attached hydrogen (secondary N) is 1. The van der Waals surface area contributed by atoms with E-state index < -0.39 is 0 Å². The van der Waals surface area contributed by atoms with Gasteiger partial charge < -0.3 is 14.6 Å². The summed E-state index contributed by atoms with van der Waals surface area (Å²) in [4.78, 5) is 4.14.